The van der Waals surface area contributed by atoms with Gasteiger partial charge in [-0.1, -0.05) is 0 Å². The van der Waals surface area contributed by atoms with Crippen molar-refractivity contribution in [1.29, 1.82) is 0 Å². The Morgan fingerprint density at radius 1 is 1.20 bits per heavy atom. The van der Waals surface area contributed by atoms with Crippen molar-refractivity contribution in [3.8, 4) is 0 Å². The zero-order valence-corrected chi connectivity index (χ0v) is 8.90. The molecule has 0 saturated carbocycles. The number of hydrogen-bond donors (Lipinski definition) is 2. The largest absolute Gasteiger partial charge is 0.501 e. The second-order valence-electron chi connectivity index (χ2n) is 3.28. The molecule has 0 aliphatic carbocycles. The third kappa shape index (κ3) is 4.26. The molecule has 0 fully saturated rings. The number of ether oxygens (including phenoxy) is 1. The molecule has 0 bridgehead atoms. The summed E-state index contributed by atoms with van der Waals surface area (Å²) >= 11 is 0. The van der Waals surface area contributed by atoms with E-state index in [1.807, 2.05) is 13.8 Å². The first-order chi connectivity index (χ1) is 7.08. The van der Waals surface area contributed by atoms with E-state index in [4.69, 9.17) is 16.2 Å². The molecule has 0 atom stereocenters. The van der Waals surface area contributed by atoms with Crippen molar-refractivity contribution in [3.63, 3.8) is 0 Å². The summed E-state index contributed by atoms with van der Waals surface area (Å²) < 4.78 is 5.23. The first-order valence-corrected chi connectivity index (χ1v) is 4.59. The molecule has 1 rings (SSSR count). The summed E-state index contributed by atoms with van der Waals surface area (Å²) in [4.78, 5) is 11.5. The molecule has 6 heteroatoms. The van der Waals surface area contributed by atoms with Crippen molar-refractivity contribution in [1.82, 2.24) is 15.0 Å². The predicted molar refractivity (Wildman–Crippen MR) is 57.7 cm³/mol. The minimum absolute atomic E-state index is 0.139. The Morgan fingerprint density at radius 3 is 2.33 bits per heavy atom. The minimum atomic E-state index is 0.139. The topological polar surface area (TPSA) is 99.9 Å². The third-order valence-corrected chi connectivity index (χ3v) is 1.48. The van der Waals surface area contributed by atoms with Crippen molar-refractivity contribution in [3.05, 3.63) is 17.7 Å². The van der Waals surface area contributed by atoms with Gasteiger partial charge in [0.25, 0.3) is 0 Å². The quantitative estimate of drug-likeness (QED) is 0.554. The Morgan fingerprint density at radius 2 is 1.80 bits per heavy atom. The van der Waals surface area contributed by atoms with Crippen LogP contribution in [0.2, 0.25) is 0 Å². The van der Waals surface area contributed by atoms with Crippen LogP contribution in [0, 0.1) is 0 Å². The molecule has 0 saturated heterocycles. The van der Waals surface area contributed by atoms with E-state index in [1.54, 1.807) is 6.26 Å². The lowest BCUT2D eigenvalue weighted by Crippen LogP contribution is -2.08. The van der Waals surface area contributed by atoms with Crippen LogP contribution < -0.4 is 11.5 Å². The molecule has 15 heavy (non-hydrogen) atoms. The van der Waals surface area contributed by atoms with Gasteiger partial charge in [0.05, 0.1) is 12.9 Å². The highest BCUT2D eigenvalue weighted by Gasteiger charge is 2.01. The van der Waals surface area contributed by atoms with Crippen molar-refractivity contribution >= 4 is 11.9 Å². The lowest BCUT2D eigenvalue weighted by atomic mass is 10.4. The van der Waals surface area contributed by atoms with Crippen LogP contribution in [0.1, 0.15) is 19.7 Å². The molecule has 82 valence electrons. The number of rotatable bonds is 4. The van der Waals surface area contributed by atoms with Crippen LogP contribution in [0.5, 0.6) is 0 Å². The van der Waals surface area contributed by atoms with E-state index in [0.29, 0.717) is 18.9 Å². The molecule has 0 unspecified atom stereocenters. The number of aromatic nitrogens is 3. The second-order valence-corrected chi connectivity index (χ2v) is 3.28. The maximum atomic E-state index is 5.42. The van der Waals surface area contributed by atoms with Crippen LogP contribution in [-0.2, 0) is 11.2 Å². The summed E-state index contributed by atoms with van der Waals surface area (Å²) in [5.41, 5.74) is 11.9. The SMILES string of the molecule is CC(C)=COCCc1nc(N)nc(N)n1. The van der Waals surface area contributed by atoms with Crippen LogP contribution in [0.4, 0.5) is 11.9 Å². The molecule has 0 aliphatic rings. The van der Waals surface area contributed by atoms with Crippen molar-refractivity contribution in [2.24, 2.45) is 0 Å². The summed E-state index contributed by atoms with van der Waals surface area (Å²) in [6.45, 7) is 4.41. The number of anilines is 2. The standard InChI is InChI=1S/C9H15N5O/c1-6(2)5-15-4-3-7-12-8(10)14-9(11)13-7/h5H,3-4H2,1-2H3,(H4,10,11,12,13,14). The average Bonchev–Trinajstić information content (AvgIpc) is 2.10. The smallest absolute Gasteiger partial charge is 0.225 e. The average molecular weight is 209 g/mol. The Labute approximate surface area is 88.4 Å². The Hall–Kier alpha value is -1.85. The van der Waals surface area contributed by atoms with E-state index in [1.165, 1.54) is 0 Å². The van der Waals surface area contributed by atoms with E-state index in [9.17, 15) is 0 Å². The Kier molecular flexibility index (Phi) is 3.84. The van der Waals surface area contributed by atoms with Crippen LogP contribution in [-0.4, -0.2) is 21.6 Å². The third-order valence-electron chi connectivity index (χ3n) is 1.48. The van der Waals surface area contributed by atoms with Crippen LogP contribution >= 0.6 is 0 Å². The Balaban J connectivity index is 2.47. The van der Waals surface area contributed by atoms with Gasteiger partial charge in [0.2, 0.25) is 11.9 Å². The number of hydrogen-bond acceptors (Lipinski definition) is 6. The first kappa shape index (κ1) is 11.2. The van der Waals surface area contributed by atoms with Gasteiger partial charge in [-0.15, -0.1) is 0 Å². The molecule has 1 heterocycles. The molecular formula is C9H15N5O. The lowest BCUT2D eigenvalue weighted by Gasteiger charge is -2.02. The summed E-state index contributed by atoms with van der Waals surface area (Å²) in [5, 5.41) is 0. The van der Waals surface area contributed by atoms with Gasteiger partial charge in [0, 0.05) is 6.42 Å². The fourth-order valence-corrected chi connectivity index (χ4v) is 0.944. The van der Waals surface area contributed by atoms with Crippen molar-refractivity contribution in [2.75, 3.05) is 18.1 Å². The van der Waals surface area contributed by atoms with Gasteiger partial charge in [-0.25, -0.2) is 0 Å². The van der Waals surface area contributed by atoms with Gasteiger partial charge in [-0.05, 0) is 19.4 Å². The molecule has 6 nitrogen and oxygen atoms in total. The lowest BCUT2D eigenvalue weighted by molar-refractivity contribution is 0.248. The van der Waals surface area contributed by atoms with Gasteiger partial charge < -0.3 is 16.2 Å². The molecule has 4 N–H and O–H groups in total. The van der Waals surface area contributed by atoms with Crippen LogP contribution in [0.25, 0.3) is 0 Å². The molecule has 0 spiro atoms. The summed E-state index contributed by atoms with van der Waals surface area (Å²) in [7, 11) is 0. The highest BCUT2D eigenvalue weighted by molar-refractivity contribution is 5.25. The van der Waals surface area contributed by atoms with E-state index >= 15 is 0 Å². The number of nitrogen functional groups attached to an aromatic ring is 2. The highest BCUT2D eigenvalue weighted by atomic mass is 16.5. The monoisotopic (exact) mass is 209 g/mol. The molecule has 1 aromatic rings. The van der Waals surface area contributed by atoms with Gasteiger partial charge in [-0.3, -0.25) is 0 Å². The zero-order chi connectivity index (χ0) is 11.3. The van der Waals surface area contributed by atoms with Gasteiger partial charge in [-0.2, -0.15) is 15.0 Å². The molecule has 0 radical (unpaired) electrons. The van der Waals surface area contributed by atoms with Gasteiger partial charge in [0.1, 0.15) is 5.82 Å². The van der Waals surface area contributed by atoms with E-state index in [2.05, 4.69) is 15.0 Å². The molecule has 0 aliphatic heterocycles. The van der Waals surface area contributed by atoms with E-state index in [0.717, 1.165) is 5.57 Å². The first-order valence-electron chi connectivity index (χ1n) is 4.59. The minimum Gasteiger partial charge on any atom is -0.501 e. The molecule has 1 aromatic heterocycles. The summed E-state index contributed by atoms with van der Waals surface area (Å²) in [6, 6.07) is 0. The predicted octanol–water partition coefficient (Wildman–Crippen LogP) is 0.519. The number of nitrogens with two attached hydrogens (primary N) is 2. The maximum absolute atomic E-state index is 5.42. The maximum Gasteiger partial charge on any atom is 0.225 e. The normalized spacial score (nSPS) is 9.73. The molecule has 0 amide bonds. The highest BCUT2D eigenvalue weighted by Crippen LogP contribution is 2.00. The van der Waals surface area contributed by atoms with Crippen molar-refractivity contribution in [2.45, 2.75) is 20.3 Å². The number of nitrogens with zero attached hydrogens (tertiary/aromatic N) is 3. The van der Waals surface area contributed by atoms with Gasteiger partial charge >= 0.3 is 0 Å². The summed E-state index contributed by atoms with van der Waals surface area (Å²) in [5.74, 6) is 0.821. The fourth-order valence-electron chi connectivity index (χ4n) is 0.944. The number of allylic oxidation sites excluding steroid dienone is 1. The van der Waals surface area contributed by atoms with E-state index < -0.39 is 0 Å². The Bertz CT molecular complexity index is 339. The van der Waals surface area contributed by atoms with Gasteiger partial charge in [0.15, 0.2) is 0 Å². The molecule has 0 aromatic carbocycles. The molecular weight excluding hydrogens is 194 g/mol. The van der Waals surface area contributed by atoms with Crippen molar-refractivity contribution < 1.29 is 4.74 Å². The van der Waals surface area contributed by atoms with Crippen LogP contribution in [0.3, 0.4) is 0 Å². The zero-order valence-electron chi connectivity index (χ0n) is 8.90. The summed E-state index contributed by atoms with van der Waals surface area (Å²) in [6.07, 6.45) is 2.24. The van der Waals surface area contributed by atoms with Crippen LogP contribution in [0.15, 0.2) is 11.8 Å². The van der Waals surface area contributed by atoms with E-state index in [-0.39, 0.29) is 11.9 Å². The second kappa shape index (κ2) is 5.14. The fraction of sp³-hybridized carbons (Fsp3) is 0.444.